The summed E-state index contributed by atoms with van der Waals surface area (Å²) in [5, 5.41) is 4.56. The van der Waals surface area contributed by atoms with Gasteiger partial charge in [0.1, 0.15) is 10.1 Å². The first-order valence-corrected chi connectivity index (χ1v) is 11.0. The average molecular weight is 425 g/mol. The number of thioether (sulfide) groups is 1. The molecule has 7 heteroatoms. The second-order valence-corrected chi connectivity index (χ2v) is 8.66. The number of nitrogens with one attached hydrogen (secondary N) is 1. The molecule has 150 valence electrons. The van der Waals surface area contributed by atoms with E-state index in [1.165, 1.54) is 17.3 Å². The van der Waals surface area contributed by atoms with Crippen LogP contribution in [0.1, 0.15) is 11.1 Å². The number of carbonyl (C=O) groups is 1. The summed E-state index contributed by atoms with van der Waals surface area (Å²) >= 11 is 2.98. The van der Waals surface area contributed by atoms with Crippen molar-refractivity contribution in [1.29, 1.82) is 0 Å². The Morgan fingerprint density at radius 2 is 1.69 bits per heavy atom. The summed E-state index contributed by atoms with van der Waals surface area (Å²) in [6.07, 6.45) is 3.34. The molecule has 0 unspecified atom stereocenters. The third-order valence-corrected chi connectivity index (χ3v) is 6.49. The summed E-state index contributed by atoms with van der Waals surface area (Å²) in [4.78, 5) is 24.3. The zero-order chi connectivity index (χ0) is 20.6. The van der Waals surface area contributed by atoms with Crippen LogP contribution < -0.4 is 10.2 Å². The maximum Gasteiger partial charge on any atom is 0.230 e. The molecule has 0 aliphatic heterocycles. The number of amides is 1. The van der Waals surface area contributed by atoms with Gasteiger partial charge in [0.05, 0.1) is 5.75 Å². The fraction of sp³-hybridized carbons (Fsp3) is 0.227. The number of nitrogens with zero attached hydrogens (tertiary/aromatic N) is 3. The Morgan fingerprint density at radius 1 is 1.00 bits per heavy atom. The van der Waals surface area contributed by atoms with Crippen molar-refractivity contribution in [3.05, 3.63) is 72.1 Å². The molecule has 1 N–H and O–H groups in total. The number of aryl methyl sites for hydroxylation is 1. The summed E-state index contributed by atoms with van der Waals surface area (Å²) < 4.78 is 0. The SMILES string of the molecule is Cc1ccccc1Sc1nccnc1SCC(=O)NCc1ccc(N(C)C)cc1. The number of aromatic nitrogens is 2. The molecule has 5 nitrogen and oxygen atoms in total. The summed E-state index contributed by atoms with van der Waals surface area (Å²) in [5.74, 6) is 0.277. The van der Waals surface area contributed by atoms with Crippen molar-refractivity contribution >= 4 is 35.1 Å². The zero-order valence-corrected chi connectivity index (χ0v) is 18.4. The Bertz CT molecular complexity index is 961. The van der Waals surface area contributed by atoms with Crippen molar-refractivity contribution in [3.8, 4) is 0 Å². The summed E-state index contributed by atoms with van der Waals surface area (Å²) in [7, 11) is 4.01. The minimum absolute atomic E-state index is 0.0239. The van der Waals surface area contributed by atoms with Gasteiger partial charge in [0.2, 0.25) is 5.91 Å². The van der Waals surface area contributed by atoms with E-state index in [9.17, 15) is 4.79 Å². The van der Waals surface area contributed by atoms with Gasteiger partial charge in [-0.25, -0.2) is 9.97 Å². The Kier molecular flexibility index (Phi) is 7.55. The molecule has 0 spiro atoms. The Balaban J connectivity index is 1.54. The first kappa shape index (κ1) is 21.2. The lowest BCUT2D eigenvalue weighted by molar-refractivity contribution is -0.118. The van der Waals surface area contributed by atoms with Crippen molar-refractivity contribution in [3.63, 3.8) is 0 Å². The van der Waals surface area contributed by atoms with E-state index in [2.05, 4.69) is 34.3 Å². The quantitative estimate of drug-likeness (QED) is 0.541. The van der Waals surface area contributed by atoms with Crippen LogP contribution in [0.3, 0.4) is 0 Å². The molecular weight excluding hydrogens is 400 g/mol. The van der Waals surface area contributed by atoms with E-state index in [0.717, 1.165) is 26.2 Å². The van der Waals surface area contributed by atoms with E-state index in [-0.39, 0.29) is 5.91 Å². The summed E-state index contributed by atoms with van der Waals surface area (Å²) in [6, 6.07) is 16.3. The second-order valence-electron chi connectivity index (χ2n) is 6.66. The van der Waals surface area contributed by atoms with Gasteiger partial charge < -0.3 is 10.2 Å². The smallest absolute Gasteiger partial charge is 0.230 e. The Hall–Kier alpha value is -2.51. The van der Waals surface area contributed by atoms with E-state index >= 15 is 0 Å². The summed E-state index contributed by atoms with van der Waals surface area (Å²) in [6.45, 7) is 2.59. The lowest BCUT2D eigenvalue weighted by Crippen LogP contribution is -2.24. The minimum Gasteiger partial charge on any atom is -0.378 e. The van der Waals surface area contributed by atoms with Gasteiger partial charge in [0.15, 0.2) is 0 Å². The molecule has 3 rings (SSSR count). The molecule has 0 saturated heterocycles. The first-order chi connectivity index (χ1) is 14.0. The Labute approximate surface area is 180 Å². The van der Waals surface area contributed by atoms with E-state index in [1.54, 1.807) is 24.2 Å². The van der Waals surface area contributed by atoms with Crippen LogP contribution in [-0.4, -0.2) is 35.7 Å². The fourth-order valence-electron chi connectivity index (χ4n) is 2.55. The van der Waals surface area contributed by atoms with Crippen LogP contribution in [0.4, 0.5) is 5.69 Å². The molecule has 1 heterocycles. The van der Waals surface area contributed by atoms with Gasteiger partial charge in [-0.3, -0.25) is 4.79 Å². The third-order valence-electron chi connectivity index (χ3n) is 4.22. The molecule has 1 amide bonds. The number of hydrogen-bond donors (Lipinski definition) is 1. The molecule has 0 aliphatic rings. The van der Waals surface area contributed by atoms with Gasteiger partial charge >= 0.3 is 0 Å². The topological polar surface area (TPSA) is 58.1 Å². The predicted octanol–water partition coefficient (Wildman–Crippen LogP) is 4.41. The fourth-order valence-corrected chi connectivity index (χ4v) is 4.37. The van der Waals surface area contributed by atoms with E-state index in [0.29, 0.717) is 12.3 Å². The van der Waals surface area contributed by atoms with E-state index in [4.69, 9.17) is 0 Å². The van der Waals surface area contributed by atoms with Gasteiger partial charge in [0, 0.05) is 43.6 Å². The van der Waals surface area contributed by atoms with Crippen LogP contribution >= 0.6 is 23.5 Å². The molecular formula is C22H24N4OS2. The molecule has 0 fully saturated rings. The van der Waals surface area contributed by atoms with Crippen LogP contribution in [0.25, 0.3) is 0 Å². The van der Waals surface area contributed by atoms with Crippen molar-refractivity contribution in [2.45, 2.75) is 28.4 Å². The normalized spacial score (nSPS) is 10.6. The number of benzene rings is 2. The van der Waals surface area contributed by atoms with Gasteiger partial charge in [-0.1, -0.05) is 53.9 Å². The minimum atomic E-state index is -0.0239. The molecule has 0 saturated carbocycles. The third kappa shape index (κ3) is 6.24. The van der Waals surface area contributed by atoms with Crippen LogP contribution in [0.15, 0.2) is 75.9 Å². The van der Waals surface area contributed by atoms with Gasteiger partial charge in [-0.05, 0) is 36.2 Å². The maximum atomic E-state index is 12.3. The highest BCUT2D eigenvalue weighted by atomic mass is 32.2. The maximum absolute atomic E-state index is 12.3. The van der Waals surface area contributed by atoms with Crippen molar-refractivity contribution in [2.75, 3.05) is 24.7 Å². The molecule has 0 atom stereocenters. The van der Waals surface area contributed by atoms with Crippen molar-refractivity contribution in [1.82, 2.24) is 15.3 Å². The van der Waals surface area contributed by atoms with Gasteiger partial charge in [-0.15, -0.1) is 0 Å². The van der Waals surface area contributed by atoms with E-state index in [1.807, 2.05) is 55.4 Å². The number of hydrogen-bond acceptors (Lipinski definition) is 6. The molecule has 29 heavy (non-hydrogen) atoms. The Morgan fingerprint density at radius 3 is 2.38 bits per heavy atom. The molecule has 0 aliphatic carbocycles. The molecule has 1 aromatic heterocycles. The van der Waals surface area contributed by atoms with Gasteiger partial charge in [0.25, 0.3) is 0 Å². The van der Waals surface area contributed by atoms with E-state index < -0.39 is 0 Å². The highest BCUT2D eigenvalue weighted by Gasteiger charge is 2.11. The molecule has 3 aromatic rings. The number of carbonyl (C=O) groups excluding carboxylic acids is 1. The highest BCUT2D eigenvalue weighted by Crippen LogP contribution is 2.33. The largest absolute Gasteiger partial charge is 0.378 e. The van der Waals surface area contributed by atoms with Crippen LogP contribution in [0, 0.1) is 6.92 Å². The second kappa shape index (κ2) is 10.3. The standard InChI is InChI=1S/C22H24N4OS2/c1-16-6-4-5-7-19(16)29-22-21(23-12-13-24-22)28-15-20(27)25-14-17-8-10-18(11-9-17)26(2)3/h4-13H,14-15H2,1-3H3,(H,25,27). The van der Waals surface area contributed by atoms with Crippen molar-refractivity contribution in [2.24, 2.45) is 0 Å². The number of rotatable bonds is 8. The van der Waals surface area contributed by atoms with Gasteiger partial charge in [-0.2, -0.15) is 0 Å². The molecule has 0 bridgehead atoms. The zero-order valence-electron chi connectivity index (χ0n) is 16.8. The van der Waals surface area contributed by atoms with Crippen molar-refractivity contribution < 1.29 is 4.79 Å². The summed E-state index contributed by atoms with van der Waals surface area (Å²) in [5.41, 5.74) is 3.40. The molecule has 0 radical (unpaired) electrons. The predicted molar refractivity (Wildman–Crippen MR) is 121 cm³/mol. The van der Waals surface area contributed by atoms with Crippen LogP contribution in [-0.2, 0) is 11.3 Å². The number of anilines is 1. The van der Waals surface area contributed by atoms with Crippen LogP contribution in [0.2, 0.25) is 0 Å². The lowest BCUT2D eigenvalue weighted by atomic mass is 10.2. The monoisotopic (exact) mass is 424 g/mol. The average Bonchev–Trinajstić information content (AvgIpc) is 2.73. The first-order valence-electron chi connectivity index (χ1n) is 9.23. The molecule has 2 aromatic carbocycles. The highest BCUT2D eigenvalue weighted by molar-refractivity contribution is 8.02. The lowest BCUT2D eigenvalue weighted by Gasteiger charge is -2.13. The van der Waals surface area contributed by atoms with Crippen LogP contribution in [0.5, 0.6) is 0 Å².